The zero-order valence-corrected chi connectivity index (χ0v) is 12.8. The number of aromatic nitrogens is 1. The smallest absolute Gasteiger partial charge is 0.261 e. The van der Waals surface area contributed by atoms with Crippen molar-refractivity contribution in [3.63, 3.8) is 0 Å². The molecule has 0 radical (unpaired) electrons. The van der Waals surface area contributed by atoms with E-state index in [-0.39, 0.29) is 4.90 Å². The first-order valence-electron chi connectivity index (χ1n) is 6.33. The van der Waals surface area contributed by atoms with Crippen molar-refractivity contribution < 1.29 is 12.8 Å². The van der Waals surface area contributed by atoms with Crippen molar-refractivity contribution in [2.24, 2.45) is 0 Å². The number of hydrogen-bond acceptors (Lipinski definition) is 4. The molecule has 3 rings (SSSR count). The second-order valence-electron chi connectivity index (χ2n) is 4.45. The van der Waals surface area contributed by atoms with Crippen LogP contribution in [0, 0.1) is 0 Å². The fraction of sp³-hybridized carbons (Fsp3) is 0. The zero-order chi connectivity index (χ0) is 15.6. The second kappa shape index (κ2) is 5.82. The average molecular weight is 335 g/mol. The number of rotatable bonds is 4. The first-order chi connectivity index (χ1) is 10.6. The summed E-state index contributed by atoms with van der Waals surface area (Å²) in [5.41, 5.74) is 0.933. The highest BCUT2D eigenvalue weighted by Gasteiger charge is 2.18. The molecular formula is C15H11ClN2O3S. The van der Waals surface area contributed by atoms with Crippen molar-refractivity contribution in [3.8, 4) is 11.5 Å². The van der Waals surface area contributed by atoms with E-state index in [4.69, 9.17) is 16.0 Å². The molecule has 0 fully saturated rings. The van der Waals surface area contributed by atoms with Crippen LogP contribution < -0.4 is 4.72 Å². The molecule has 0 saturated heterocycles. The third kappa shape index (κ3) is 2.98. The topological polar surface area (TPSA) is 72.2 Å². The molecule has 0 aliphatic heterocycles. The Morgan fingerprint density at radius 1 is 1.09 bits per heavy atom. The number of sulfonamides is 1. The highest BCUT2D eigenvalue weighted by Crippen LogP contribution is 2.28. The normalized spacial score (nSPS) is 11.3. The maximum atomic E-state index is 12.5. The molecule has 0 spiro atoms. The number of halogens is 1. The van der Waals surface area contributed by atoms with E-state index < -0.39 is 10.0 Å². The van der Waals surface area contributed by atoms with E-state index in [0.29, 0.717) is 22.2 Å². The molecule has 0 unspecified atom stereocenters. The Labute approximate surface area is 132 Å². The van der Waals surface area contributed by atoms with Gasteiger partial charge in [-0.2, -0.15) is 0 Å². The summed E-state index contributed by atoms with van der Waals surface area (Å²) in [5.74, 6) is 0.337. The largest absolute Gasteiger partial charge is 0.444 e. The summed E-state index contributed by atoms with van der Waals surface area (Å²) in [6, 6.07) is 12.9. The van der Waals surface area contributed by atoms with Crippen LogP contribution in [0.2, 0.25) is 5.02 Å². The second-order valence-corrected chi connectivity index (χ2v) is 6.56. The van der Waals surface area contributed by atoms with Crippen LogP contribution in [0.15, 0.2) is 70.3 Å². The lowest BCUT2D eigenvalue weighted by Gasteiger charge is -2.11. The monoisotopic (exact) mass is 334 g/mol. The first kappa shape index (κ1) is 14.6. The lowest BCUT2D eigenvalue weighted by atomic mass is 10.2. The summed E-state index contributed by atoms with van der Waals surface area (Å²) in [5, 5.41) is 0.351. The van der Waals surface area contributed by atoms with Gasteiger partial charge in [-0.25, -0.2) is 13.4 Å². The van der Waals surface area contributed by atoms with Crippen molar-refractivity contribution >= 4 is 27.3 Å². The van der Waals surface area contributed by atoms with Crippen molar-refractivity contribution in [1.29, 1.82) is 0 Å². The third-order valence-corrected chi connectivity index (χ3v) is 4.54. The predicted octanol–water partition coefficient (Wildman–Crippen LogP) is 3.80. The molecule has 112 valence electrons. The molecule has 0 aliphatic carbocycles. The van der Waals surface area contributed by atoms with Gasteiger partial charge in [0, 0.05) is 5.02 Å². The van der Waals surface area contributed by atoms with E-state index in [9.17, 15) is 8.42 Å². The van der Waals surface area contributed by atoms with E-state index in [1.165, 1.54) is 24.6 Å². The quantitative estimate of drug-likeness (QED) is 0.787. The van der Waals surface area contributed by atoms with Gasteiger partial charge in [0.2, 0.25) is 5.89 Å². The van der Waals surface area contributed by atoms with Crippen LogP contribution in [0.4, 0.5) is 5.69 Å². The molecule has 0 aliphatic rings. The molecule has 0 amide bonds. The molecule has 0 atom stereocenters. The van der Waals surface area contributed by atoms with E-state index in [1.807, 2.05) is 0 Å². The maximum Gasteiger partial charge on any atom is 0.261 e. The van der Waals surface area contributed by atoms with Gasteiger partial charge >= 0.3 is 0 Å². The van der Waals surface area contributed by atoms with Gasteiger partial charge in [-0.3, -0.25) is 4.72 Å². The number of hydrogen-bond donors (Lipinski definition) is 1. The van der Waals surface area contributed by atoms with Gasteiger partial charge in [-0.1, -0.05) is 29.8 Å². The van der Waals surface area contributed by atoms with E-state index in [1.54, 1.807) is 36.4 Å². The van der Waals surface area contributed by atoms with Crippen molar-refractivity contribution in [2.45, 2.75) is 4.90 Å². The van der Waals surface area contributed by atoms with Gasteiger partial charge < -0.3 is 4.42 Å². The Morgan fingerprint density at radius 3 is 2.64 bits per heavy atom. The molecular weight excluding hydrogens is 324 g/mol. The van der Waals surface area contributed by atoms with Crippen LogP contribution >= 0.6 is 11.6 Å². The summed E-state index contributed by atoms with van der Waals surface area (Å²) in [7, 11) is -3.75. The van der Waals surface area contributed by atoms with Gasteiger partial charge in [0.15, 0.2) is 0 Å². The maximum absolute atomic E-state index is 12.5. The number of para-hydroxylation sites is 1. The molecule has 7 heteroatoms. The Morgan fingerprint density at radius 2 is 1.91 bits per heavy atom. The van der Waals surface area contributed by atoms with Crippen LogP contribution in [-0.4, -0.2) is 13.4 Å². The molecule has 1 N–H and O–H groups in total. The Hall–Kier alpha value is -2.31. The highest BCUT2D eigenvalue weighted by atomic mass is 35.5. The minimum Gasteiger partial charge on any atom is -0.444 e. The molecule has 5 nitrogen and oxygen atoms in total. The highest BCUT2D eigenvalue weighted by molar-refractivity contribution is 7.92. The summed E-state index contributed by atoms with van der Waals surface area (Å²) < 4.78 is 32.7. The fourth-order valence-corrected chi connectivity index (χ4v) is 3.33. The molecule has 3 aromatic rings. The lowest BCUT2D eigenvalue weighted by Crippen LogP contribution is -2.13. The molecule has 22 heavy (non-hydrogen) atoms. The lowest BCUT2D eigenvalue weighted by molar-refractivity contribution is 0.575. The van der Waals surface area contributed by atoms with Gasteiger partial charge in [0.1, 0.15) is 6.26 Å². The average Bonchev–Trinajstić information content (AvgIpc) is 3.01. The Kier molecular flexibility index (Phi) is 3.87. The standard InChI is InChI=1S/C15H11ClN2O3S/c16-11-4-3-5-12(10-11)22(19,20)18-14-7-2-1-6-13(14)15-17-8-9-21-15/h1-10,18H. The van der Waals surface area contributed by atoms with Gasteiger partial charge in [-0.15, -0.1) is 0 Å². The Balaban J connectivity index is 2.00. The van der Waals surface area contributed by atoms with Crippen LogP contribution in [0.25, 0.3) is 11.5 Å². The zero-order valence-electron chi connectivity index (χ0n) is 11.2. The summed E-state index contributed by atoms with van der Waals surface area (Å²) in [6.07, 6.45) is 2.93. The van der Waals surface area contributed by atoms with Gasteiger partial charge in [0.25, 0.3) is 10.0 Å². The molecule has 1 heterocycles. The van der Waals surface area contributed by atoms with Crippen LogP contribution in [0.3, 0.4) is 0 Å². The number of nitrogens with one attached hydrogen (secondary N) is 1. The number of oxazole rings is 1. The summed E-state index contributed by atoms with van der Waals surface area (Å²) in [4.78, 5) is 4.13. The molecule has 2 aromatic carbocycles. The third-order valence-electron chi connectivity index (χ3n) is 2.94. The minimum atomic E-state index is -3.75. The Bertz CT molecular complexity index is 893. The van der Waals surface area contributed by atoms with Crippen molar-refractivity contribution in [2.75, 3.05) is 4.72 Å². The summed E-state index contributed by atoms with van der Waals surface area (Å²) in [6.45, 7) is 0. The number of benzene rings is 2. The van der Waals surface area contributed by atoms with Crippen LogP contribution in [-0.2, 0) is 10.0 Å². The SMILES string of the molecule is O=S(=O)(Nc1ccccc1-c1ncco1)c1cccc(Cl)c1. The van der Waals surface area contributed by atoms with Crippen LogP contribution in [0.1, 0.15) is 0 Å². The molecule has 0 bridgehead atoms. The fourth-order valence-electron chi connectivity index (χ4n) is 1.95. The van der Waals surface area contributed by atoms with Crippen LogP contribution in [0.5, 0.6) is 0 Å². The van der Waals surface area contributed by atoms with Crippen molar-refractivity contribution in [1.82, 2.24) is 4.98 Å². The van der Waals surface area contributed by atoms with E-state index in [2.05, 4.69) is 9.71 Å². The van der Waals surface area contributed by atoms with E-state index >= 15 is 0 Å². The summed E-state index contributed by atoms with van der Waals surface area (Å²) >= 11 is 5.85. The number of nitrogens with zero attached hydrogens (tertiary/aromatic N) is 1. The molecule has 0 saturated carbocycles. The predicted molar refractivity (Wildman–Crippen MR) is 84.2 cm³/mol. The number of anilines is 1. The minimum absolute atomic E-state index is 0.0854. The molecule has 1 aromatic heterocycles. The van der Waals surface area contributed by atoms with Gasteiger partial charge in [-0.05, 0) is 30.3 Å². The van der Waals surface area contributed by atoms with Crippen molar-refractivity contribution in [3.05, 3.63) is 66.0 Å². The first-order valence-corrected chi connectivity index (χ1v) is 8.20. The van der Waals surface area contributed by atoms with Gasteiger partial charge in [0.05, 0.1) is 22.3 Å². The van der Waals surface area contributed by atoms with E-state index in [0.717, 1.165) is 0 Å².